The number of rotatable bonds is 1. The summed E-state index contributed by atoms with van der Waals surface area (Å²) in [6.45, 7) is 7.22. The highest BCUT2D eigenvalue weighted by molar-refractivity contribution is 5.22. The molecule has 15 heavy (non-hydrogen) atoms. The molecule has 2 aliphatic rings. The molecule has 0 nitrogen and oxygen atoms in total. The summed E-state index contributed by atoms with van der Waals surface area (Å²) in [6, 6.07) is 0. The zero-order chi connectivity index (χ0) is 10.8. The molecule has 3 unspecified atom stereocenters. The average molecular weight is 206 g/mol. The van der Waals surface area contributed by atoms with Gasteiger partial charge in [0, 0.05) is 0 Å². The molecule has 3 atom stereocenters. The van der Waals surface area contributed by atoms with Crippen molar-refractivity contribution in [3.8, 4) is 0 Å². The Balaban J connectivity index is 2.07. The minimum absolute atomic E-state index is 0.918. The Morgan fingerprint density at radius 2 is 2.00 bits per heavy atom. The molecule has 0 heteroatoms. The lowest BCUT2D eigenvalue weighted by atomic mass is 9.73. The van der Waals surface area contributed by atoms with Gasteiger partial charge in [0.2, 0.25) is 0 Å². The molecule has 0 spiro atoms. The molecule has 0 heterocycles. The van der Waals surface area contributed by atoms with Gasteiger partial charge in [-0.15, -0.1) is 0 Å². The van der Waals surface area contributed by atoms with Crippen molar-refractivity contribution < 1.29 is 0 Å². The Morgan fingerprint density at radius 1 is 1.20 bits per heavy atom. The fourth-order valence-corrected chi connectivity index (χ4v) is 3.60. The molecule has 86 valence electrons. The summed E-state index contributed by atoms with van der Waals surface area (Å²) in [5.41, 5.74) is 3.59. The van der Waals surface area contributed by atoms with Crippen molar-refractivity contribution in [3.63, 3.8) is 0 Å². The normalized spacial score (nSPS) is 37.4. The predicted molar refractivity (Wildman–Crippen MR) is 66.8 cm³/mol. The first-order valence-electron chi connectivity index (χ1n) is 6.89. The van der Waals surface area contributed by atoms with Crippen LogP contribution in [0.2, 0.25) is 0 Å². The maximum Gasteiger partial charge on any atom is -0.0198 e. The van der Waals surface area contributed by atoms with Crippen LogP contribution in [0, 0.1) is 17.8 Å². The van der Waals surface area contributed by atoms with Crippen LogP contribution in [0.1, 0.15) is 65.7 Å². The van der Waals surface area contributed by atoms with E-state index in [1.807, 2.05) is 5.57 Å². The van der Waals surface area contributed by atoms with Crippen LogP contribution in [0.25, 0.3) is 0 Å². The molecule has 2 aliphatic carbocycles. The van der Waals surface area contributed by atoms with E-state index in [4.69, 9.17) is 0 Å². The minimum Gasteiger partial charge on any atom is -0.0736 e. The van der Waals surface area contributed by atoms with Crippen LogP contribution in [0.3, 0.4) is 0 Å². The highest BCUT2D eigenvalue weighted by Gasteiger charge is 2.28. The standard InChI is InChI=1S/C15H26/c1-4-13-5-6-14-7-8-15(14)12(3)9-11(2)10-13/h11,13-14H,4-10H2,1-3H3. The van der Waals surface area contributed by atoms with E-state index in [1.54, 1.807) is 5.57 Å². The van der Waals surface area contributed by atoms with E-state index in [0.29, 0.717) is 0 Å². The first kappa shape index (κ1) is 11.2. The van der Waals surface area contributed by atoms with Crippen molar-refractivity contribution in [1.82, 2.24) is 0 Å². The van der Waals surface area contributed by atoms with Crippen LogP contribution in [-0.2, 0) is 0 Å². The summed E-state index contributed by atoms with van der Waals surface area (Å²) in [5, 5.41) is 0. The van der Waals surface area contributed by atoms with Gasteiger partial charge >= 0.3 is 0 Å². The molecule has 0 aromatic carbocycles. The van der Waals surface area contributed by atoms with Crippen molar-refractivity contribution in [2.45, 2.75) is 65.7 Å². The monoisotopic (exact) mass is 206 g/mol. The Labute approximate surface area is 95.1 Å². The third kappa shape index (κ3) is 2.46. The predicted octanol–water partition coefficient (Wildman–Crippen LogP) is 4.95. The molecule has 0 aliphatic heterocycles. The van der Waals surface area contributed by atoms with E-state index in [1.165, 1.54) is 44.9 Å². The van der Waals surface area contributed by atoms with E-state index in [2.05, 4.69) is 20.8 Å². The molecule has 0 amide bonds. The van der Waals surface area contributed by atoms with Crippen LogP contribution in [0.5, 0.6) is 0 Å². The van der Waals surface area contributed by atoms with Gasteiger partial charge in [-0.3, -0.25) is 0 Å². The van der Waals surface area contributed by atoms with Gasteiger partial charge in [0.1, 0.15) is 0 Å². The molecule has 0 bridgehead atoms. The van der Waals surface area contributed by atoms with Crippen LogP contribution in [-0.4, -0.2) is 0 Å². The largest absolute Gasteiger partial charge is 0.0736 e. The second kappa shape index (κ2) is 4.72. The lowest BCUT2D eigenvalue weighted by molar-refractivity contribution is 0.322. The number of fused-ring (bicyclic) bond motifs is 1. The average Bonchev–Trinajstić information content (AvgIpc) is 2.16. The summed E-state index contributed by atoms with van der Waals surface area (Å²) >= 11 is 0. The van der Waals surface area contributed by atoms with Gasteiger partial charge in [-0.05, 0) is 63.2 Å². The van der Waals surface area contributed by atoms with Crippen molar-refractivity contribution in [2.75, 3.05) is 0 Å². The summed E-state index contributed by atoms with van der Waals surface area (Å²) in [5.74, 6) is 2.92. The number of allylic oxidation sites excluding steroid dienone is 2. The van der Waals surface area contributed by atoms with E-state index < -0.39 is 0 Å². The van der Waals surface area contributed by atoms with Gasteiger partial charge in [0.25, 0.3) is 0 Å². The Bertz CT molecular complexity index is 249. The van der Waals surface area contributed by atoms with Gasteiger partial charge in [-0.25, -0.2) is 0 Å². The maximum atomic E-state index is 2.45. The zero-order valence-corrected chi connectivity index (χ0v) is 10.7. The van der Waals surface area contributed by atoms with Gasteiger partial charge < -0.3 is 0 Å². The smallest absolute Gasteiger partial charge is 0.0198 e. The Hall–Kier alpha value is -0.260. The topological polar surface area (TPSA) is 0 Å². The molecule has 0 N–H and O–H groups in total. The first-order chi connectivity index (χ1) is 7.20. The Kier molecular flexibility index (Phi) is 3.53. The molecular weight excluding hydrogens is 180 g/mol. The number of hydrogen-bond acceptors (Lipinski definition) is 0. The summed E-state index contributed by atoms with van der Waals surface area (Å²) < 4.78 is 0. The van der Waals surface area contributed by atoms with E-state index in [-0.39, 0.29) is 0 Å². The molecule has 0 radical (unpaired) electrons. The third-order valence-electron chi connectivity index (χ3n) is 4.69. The van der Waals surface area contributed by atoms with Gasteiger partial charge in [-0.2, -0.15) is 0 Å². The second-order valence-electron chi connectivity index (χ2n) is 5.94. The maximum absolute atomic E-state index is 2.45. The van der Waals surface area contributed by atoms with Crippen LogP contribution < -0.4 is 0 Å². The summed E-state index contributed by atoms with van der Waals surface area (Å²) in [7, 11) is 0. The zero-order valence-electron chi connectivity index (χ0n) is 10.7. The van der Waals surface area contributed by atoms with Crippen molar-refractivity contribution in [1.29, 1.82) is 0 Å². The quantitative estimate of drug-likeness (QED) is 0.532. The van der Waals surface area contributed by atoms with Crippen molar-refractivity contribution in [3.05, 3.63) is 11.1 Å². The second-order valence-corrected chi connectivity index (χ2v) is 5.94. The van der Waals surface area contributed by atoms with E-state index in [0.717, 1.165) is 17.8 Å². The molecule has 0 aromatic rings. The van der Waals surface area contributed by atoms with Crippen LogP contribution in [0.4, 0.5) is 0 Å². The van der Waals surface area contributed by atoms with Gasteiger partial charge in [0.05, 0.1) is 0 Å². The van der Waals surface area contributed by atoms with Crippen molar-refractivity contribution in [2.24, 2.45) is 17.8 Å². The van der Waals surface area contributed by atoms with Crippen LogP contribution in [0.15, 0.2) is 11.1 Å². The van der Waals surface area contributed by atoms with Gasteiger partial charge in [-0.1, -0.05) is 31.4 Å². The fourth-order valence-electron chi connectivity index (χ4n) is 3.60. The van der Waals surface area contributed by atoms with E-state index >= 15 is 0 Å². The van der Waals surface area contributed by atoms with Crippen LogP contribution >= 0.6 is 0 Å². The lowest BCUT2D eigenvalue weighted by Gasteiger charge is -2.32. The fraction of sp³-hybridized carbons (Fsp3) is 0.867. The number of hydrogen-bond donors (Lipinski definition) is 0. The Morgan fingerprint density at radius 3 is 2.60 bits per heavy atom. The summed E-state index contributed by atoms with van der Waals surface area (Å²) in [4.78, 5) is 0. The van der Waals surface area contributed by atoms with Gasteiger partial charge in [0.15, 0.2) is 0 Å². The SMILES string of the molecule is CCC1CCC2CCC2=C(C)CC(C)C1. The lowest BCUT2D eigenvalue weighted by Crippen LogP contribution is -2.17. The highest BCUT2D eigenvalue weighted by Crippen LogP contribution is 2.43. The third-order valence-corrected chi connectivity index (χ3v) is 4.69. The highest BCUT2D eigenvalue weighted by atomic mass is 14.3. The molecule has 0 aromatic heterocycles. The molecule has 2 rings (SSSR count). The van der Waals surface area contributed by atoms with Crippen molar-refractivity contribution >= 4 is 0 Å². The molecular formula is C15H26. The first-order valence-corrected chi connectivity index (χ1v) is 6.89. The van der Waals surface area contributed by atoms with E-state index in [9.17, 15) is 0 Å². The molecule has 1 fully saturated rings. The molecule has 1 saturated carbocycles. The summed E-state index contributed by atoms with van der Waals surface area (Å²) in [6.07, 6.45) is 10.1. The minimum atomic E-state index is 0.918. The molecule has 0 saturated heterocycles.